The molecule has 2 aromatic rings. The molecule has 0 unspecified atom stereocenters. The number of hydrogen-bond acceptors (Lipinski definition) is 2. The Kier molecular flexibility index (Phi) is 2.06. The normalized spacial score (nSPS) is 12.2. The van der Waals surface area contributed by atoms with Gasteiger partial charge in [-0.25, -0.2) is 0 Å². The molecule has 6 heteroatoms. The van der Waals surface area contributed by atoms with Crippen molar-refractivity contribution < 1.29 is 13.2 Å². The van der Waals surface area contributed by atoms with Crippen molar-refractivity contribution >= 4 is 16.7 Å². The number of aromatic amines is 1. The summed E-state index contributed by atoms with van der Waals surface area (Å²) in [5.74, 6) is 0.217. The molecule has 0 aliphatic carbocycles. The number of H-pyrrole nitrogens is 1. The van der Waals surface area contributed by atoms with Crippen molar-refractivity contribution in [3.8, 4) is 0 Å². The summed E-state index contributed by atoms with van der Waals surface area (Å²) in [6.07, 6.45) is -5.21. The molecule has 0 saturated heterocycles. The first-order chi connectivity index (χ1) is 6.97. The number of rotatable bonds is 1. The summed E-state index contributed by atoms with van der Waals surface area (Å²) in [6.45, 7) is 0. The quantitative estimate of drug-likeness (QED) is 0.766. The summed E-state index contributed by atoms with van der Waals surface area (Å²) in [5.41, 5.74) is 6.00. The lowest BCUT2D eigenvalue weighted by Crippen LogP contribution is -2.11. The van der Waals surface area contributed by atoms with E-state index in [1.165, 1.54) is 12.1 Å². The fourth-order valence-corrected chi connectivity index (χ4v) is 1.49. The minimum atomic E-state index is -4.23. The molecule has 0 fully saturated rings. The number of benzene rings is 1. The van der Waals surface area contributed by atoms with E-state index in [4.69, 9.17) is 5.73 Å². The maximum atomic E-state index is 12.2. The van der Waals surface area contributed by atoms with Crippen LogP contribution in [0.25, 0.3) is 10.9 Å². The summed E-state index contributed by atoms with van der Waals surface area (Å²) in [6, 6.07) is 4.58. The van der Waals surface area contributed by atoms with Gasteiger partial charge in [0, 0.05) is 5.39 Å². The molecular weight excluding hydrogens is 207 g/mol. The highest BCUT2D eigenvalue weighted by Gasteiger charge is 2.28. The number of anilines is 1. The molecule has 0 aliphatic heterocycles. The average Bonchev–Trinajstić information content (AvgIpc) is 2.47. The number of alkyl halides is 3. The molecule has 80 valence electrons. The molecule has 15 heavy (non-hydrogen) atoms. The summed E-state index contributed by atoms with van der Waals surface area (Å²) in [4.78, 5) is 0. The van der Waals surface area contributed by atoms with E-state index >= 15 is 0 Å². The third kappa shape index (κ3) is 1.88. The second kappa shape index (κ2) is 3.15. The highest BCUT2D eigenvalue weighted by molar-refractivity contribution is 5.90. The monoisotopic (exact) mass is 215 g/mol. The van der Waals surface area contributed by atoms with Gasteiger partial charge >= 0.3 is 6.18 Å². The third-order valence-corrected chi connectivity index (χ3v) is 2.11. The highest BCUT2D eigenvalue weighted by atomic mass is 19.4. The Balaban J connectivity index is 2.52. The van der Waals surface area contributed by atoms with E-state index in [-0.39, 0.29) is 11.4 Å². The zero-order valence-corrected chi connectivity index (χ0v) is 7.60. The van der Waals surface area contributed by atoms with Gasteiger partial charge in [0.05, 0.1) is 11.9 Å². The van der Waals surface area contributed by atoms with Gasteiger partial charge in [-0.1, -0.05) is 12.1 Å². The van der Waals surface area contributed by atoms with Crippen LogP contribution >= 0.6 is 0 Å². The molecule has 0 radical (unpaired) electrons. The smallest absolute Gasteiger partial charge is 0.382 e. The number of nitrogens with one attached hydrogen (secondary N) is 1. The van der Waals surface area contributed by atoms with Crippen LogP contribution in [0.3, 0.4) is 0 Å². The maximum absolute atomic E-state index is 12.2. The van der Waals surface area contributed by atoms with E-state index in [0.29, 0.717) is 10.9 Å². The fraction of sp³-hybridized carbons (Fsp3) is 0.222. The van der Waals surface area contributed by atoms with Gasteiger partial charge in [0.25, 0.3) is 0 Å². The van der Waals surface area contributed by atoms with Gasteiger partial charge in [-0.15, -0.1) is 0 Å². The summed E-state index contributed by atoms with van der Waals surface area (Å²) in [7, 11) is 0. The average molecular weight is 215 g/mol. The van der Waals surface area contributed by atoms with Gasteiger partial charge in [0.2, 0.25) is 0 Å². The Labute approximate surface area is 83.1 Å². The van der Waals surface area contributed by atoms with E-state index in [0.717, 1.165) is 0 Å². The number of nitrogen functional groups attached to an aromatic ring is 1. The van der Waals surface area contributed by atoms with Crippen molar-refractivity contribution in [2.45, 2.75) is 12.6 Å². The van der Waals surface area contributed by atoms with Crippen LogP contribution in [-0.4, -0.2) is 16.4 Å². The number of para-hydroxylation sites is 1. The first-order valence-corrected chi connectivity index (χ1v) is 4.25. The summed E-state index contributed by atoms with van der Waals surface area (Å²) < 4.78 is 36.6. The molecule has 2 rings (SSSR count). The van der Waals surface area contributed by atoms with E-state index in [1.54, 1.807) is 6.07 Å². The van der Waals surface area contributed by atoms with Crippen molar-refractivity contribution in [1.82, 2.24) is 10.2 Å². The molecule has 0 spiro atoms. The van der Waals surface area contributed by atoms with E-state index in [9.17, 15) is 13.2 Å². The van der Waals surface area contributed by atoms with Gasteiger partial charge in [-0.05, 0) is 11.6 Å². The predicted octanol–water partition coefficient (Wildman–Crippen LogP) is 2.25. The molecule has 0 atom stereocenters. The number of halogens is 3. The van der Waals surface area contributed by atoms with Crippen LogP contribution in [0.4, 0.5) is 19.0 Å². The van der Waals surface area contributed by atoms with Crippen molar-refractivity contribution in [3.63, 3.8) is 0 Å². The molecule has 3 nitrogen and oxygen atoms in total. The molecule has 1 aromatic heterocycles. The predicted molar refractivity (Wildman–Crippen MR) is 50.3 cm³/mol. The summed E-state index contributed by atoms with van der Waals surface area (Å²) in [5, 5.41) is 6.70. The van der Waals surface area contributed by atoms with Gasteiger partial charge < -0.3 is 5.73 Å². The molecule has 3 N–H and O–H groups in total. The van der Waals surface area contributed by atoms with Crippen LogP contribution in [0, 0.1) is 0 Å². The van der Waals surface area contributed by atoms with Gasteiger partial charge in [0.15, 0.2) is 5.82 Å². The minimum Gasteiger partial charge on any atom is -0.382 e. The van der Waals surface area contributed by atoms with Crippen LogP contribution in [0.2, 0.25) is 0 Å². The first-order valence-electron chi connectivity index (χ1n) is 4.25. The van der Waals surface area contributed by atoms with Crippen LogP contribution in [0.15, 0.2) is 18.2 Å². The molecule has 1 heterocycles. The van der Waals surface area contributed by atoms with Crippen molar-refractivity contribution in [3.05, 3.63) is 23.8 Å². The topological polar surface area (TPSA) is 54.7 Å². The second-order valence-electron chi connectivity index (χ2n) is 3.24. The number of fused-ring (bicyclic) bond motifs is 1. The van der Waals surface area contributed by atoms with E-state index < -0.39 is 12.6 Å². The fourth-order valence-electron chi connectivity index (χ4n) is 1.49. The Morgan fingerprint density at radius 3 is 2.73 bits per heavy atom. The molecule has 0 saturated carbocycles. The molecule has 0 aliphatic rings. The van der Waals surface area contributed by atoms with Gasteiger partial charge in [-0.3, -0.25) is 5.10 Å². The number of nitrogens with two attached hydrogens (primary N) is 1. The zero-order valence-electron chi connectivity index (χ0n) is 7.60. The molecule has 0 bridgehead atoms. The maximum Gasteiger partial charge on any atom is 0.393 e. The largest absolute Gasteiger partial charge is 0.393 e. The zero-order chi connectivity index (χ0) is 11.1. The van der Waals surface area contributed by atoms with Gasteiger partial charge in [-0.2, -0.15) is 18.3 Å². The lowest BCUT2D eigenvalue weighted by molar-refractivity contribution is -0.127. The number of nitrogens with zero attached hydrogens (tertiary/aromatic N) is 1. The lowest BCUT2D eigenvalue weighted by Gasteiger charge is -2.06. The molecule has 0 amide bonds. The molecule has 1 aromatic carbocycles. The van der Waals surface area contributed by atoms with Crippen LogP contribution in [0.1, 0.15) is 5.56 Å². The number of aromatic nitrogens is 2. The Morgan fingerprint density at radius 2 is 2.07 bits per heavy atom. The SMILES string of the molecule is Nc1n[nH]c2c(CC(F)(F)F)cccc12. The minimum absolute atomic E-state index is 0.157. The van der Waals surface area contributed by atoms with E-state index in [2.05, 4.69) is 10.2 Å². The van der Waals surface area contributed by atoms with Crippen LogP contribution < -0.4 is 5.73 Å². The van der Waals surface area contributed by atoms with E-state index in [1.807, 2.05) is 0 Å². The Bertz CT molecular complexity index is 487. The standard InChI is InChI=1S/C9H8F3N3/c10-9(11,12)4-5-2-1-3-6-7(5)14-15-8(6)13/h1-3H,4H2,(H3,13,14,15). The van der Waals surface area contributed by atoms with Crippen molar-refractivity contribution in [2.24, 2.45) is 0 Å². The van der Waals surface area contributed by atoms with Crippen LogP contribution in [0.5, 0.6) is 0 Å². The Hall–Kier alpha value is -1.72. The lowest BCUT2D eigenvalue weighted by atomic mass is 10.1. The van der Waals surface area contributed by atoms with Crippen molar-refractivity contribution in [2.75, 3.05) is 5.73 Å². The third-order valence-electron chi connectivity index (χ3n) is 2.11. The van der Waals surface area contributed by atoms with Crippen molar-refractivity contribution in [1.29, 1.82) is 0 Å². The van der Waals surface area contributed by atoms with Gasteiger partial charge in [0.1, 0.15) is 0 Å². The number of hydrogen-bond donors (Lipinski definition) is 2. The summed E-state index contributed by atoms with van der Waals surface area (Å²) >= 11 is 0. The first kappa shape index (κ1) is 9.82. The van der Waals surface area contributed by atoms with Crippen LogP contribution in [-0.2, 0) is 6.42 Å². The highest BCUT2D eigenvalue weighted by Crippen LogP contribution is 2.27. The Morgan fingerprint density at radius 1 is 1.33 bits per heavy atom. The molecular formula is C9H8F3N3. The second-order valence-corrected chi connectivity index (χ2v) is 3.24.